The third kappa shape index (κ3) is 3.66. The number of aromatic nitrogens is 1. The van der Waals surface area contributed by atoms with E-state index < -0.39 is 0 Å². The van der Waals surface area contributed by atoms with Crippen LogP contribution in [0.5, 0.6) is 5.88 Å². The number of ether oxygens (including phenoxy) is 3. The highest BCUT2D eigenvalue weighted by Crippen LogP contribution is 2.35. The normalized spacial score (nSPS) is 24.7. The Balaban J connectivity index is 1.59. The van der Waals surface area contributed by atoms with Gasteiger partial charge in [-0.05, 0) is 38.7 Å². The fourth-order valence-electron chi connectivity index (χ4n) is 3.18. The first-order valence-corrected chi connectivity index (χ1v) is 7.87. The van der Waals surface area contributed by atoms with Gasteiger partial charge in [0.25, 0.3) is 0 Å². The van der Waals surface area contributed by atoms with Gasteiger partial charge in [0.15, 0.2) is 0 Å². The van der Waals surface area contributed by atoms with Crippen LogP contribution in [0.3, 0.4) is 0 Å². The van der Waals surface area contributed by atoms with E-state index in [2.05, 4.69) is 10.3 Å². The molecule has 0 saturated carbocycles. The summed E-state index contributed by atoms with van der Waals surface area (Å²) in [7, 11) is 0. The number of anilines is 1. The Morgan fingerprint density at radius 3 is 2.90 bits per heavy atom. The van der Waals surface area contributed by atoms with E-state index in [0.29, 0.717) is 18.5 Å². The van der Waals surface area contributed by atoms with E-state index in [4.69, 9.17) is 14.2 Å². The van der Waals surface area contributed by atoms with Gasteiger partial charge in [0.2, 0.25) is 5.88 Å². The predicted molar refractivity (Wildman–Crippen MR) is 80.8 cm³/mol. The zero-order valence-electron chi connectivity index (χ0n) is 12.6. The number of rotatable bonds is 4. The van der Waals surface area contributed by atoms with Gasteiger partial charge in [-0.2, -0.15) is 0 Å². The summed E-state index contributed by atoms with van der Waals surface area (Å²) in [5.41, 5.74) is 1.07. The van der Waals surface area contributed by atoms with Gasteiger partial charge in [0.1, 0.15) is 0 Å². The second-order valence-corrected chi connectivity index (χ2v) is 5.80. The van der Waals surface area contributed by atoms with Crippen LogP contribution in [0.2, 0.25) is 0 Å². The lowest BCUT2D eigenvalue weighted by atomic mass is 9.84. The molecule has 1 atom stereocenters. The summed E-state index contributed by atoms with van der Waals surface area (Å²) in [4.78, 5) is 4.30. The van der Waals surface area contributed by atoms with Crippen molar-refractivity contribution >= 4 is 5.69 Å². The molecule has 116 valence electrons. The topological polar surface area (TPSA) is 52.6 Å². The molecule has 21 heavy (non-hydrogen) atoms. The molecule has 3 heterocycles. The Morgan fingerprint density at radius 1 is 1.33 bits per heavy atom. The molecule has 0 bridgehead atoms. The maximum absolute atomic E-state index is 6.07. The minimum absolute atomic E-state index is 0.0207. The zero-order chi connectivity index (χ0) is 14.5. The average molecular weight is 292 g/mol. The molecular weight excluding hydrogens is 268 g/mol. The minimum atomic E-state index is 0.0207. The molecule has 5 heteroatoms. The zero-order valence-corrected chi connectivity index (χ0v) is 12.6. The Morgan fingerprint density at radius 2 is 2.19 bits per heavy atom. The van der Waals surface area contributed by atoms with Gasteiger partial charge < -0.3 is 19.5 Å². The van der Waals surface area contributed by atoms with Gasteiger partial charge in [-0.15, -0.1) is 0 Å². The Bertz CT molecular complexity index is 438. The Hall–Kier alpha value is -1.33. The van der Waals surface area contributed by atoms with Gasteiger partial charge in [-0.3, -0.25) is 0 Å². The fraction of sp³-hybridized carbons (Fsp3) is 0.688. The highest BCUT2D eigenvalue weighted by atomic mass is 16.5. The highest BCUT2D eigenvalue weighted by Gasteiger charge is 2.38. The van der Waals surface area contributed by atoms with Crippen molar-refractivity contribution in [3.05, 3.63) is 18.3 Å². The van der Waals surface area contributed by atoms with Gasteiger partial charge in [-0.25, -0.2) is 4.98 Å². The average Bonchev–Trinajstić information content (AvgIpc) is 2.50. The molecule has 2 aliphatic heterocycles. The van der Waals surface area contributed by atoms with Crippen LogP contribution >= 0.6 is 0 Å². The minimum Gasteiger partial charge on any atom is -0.478 e. The first kappa shape index (κ1) is 14.6. The van der Waals surface area contributed by atoms with Crippen molar-refractivity contribution in [3.63, 3.8) is 0 Å². The van der Waals surface area contributed by atoms with Crippen molar-refractivity contribution in [1.82, 2.24) is 4.98 Å². The molecule has 1 unspecified atom stereocenters. The number of hydrogen-bond donors (Lipinski definition) is 1. The van der Waals surface area contributed by atoms with E-state index in [1.54, 1.807) is 0 Å². The second kappa shape index (κ2) is 6.62. The third-order valence-electron chi connectivity index (χ3n) is 4.30. The van der Waals surface area contributed by atoms with E-state index in [1.807, 2.05) is 25.3 Å². The standard InChI is InChI=1S/C16H24N2O3/c1-2-20-15-4-3-14(12-17-15)18-13-5-8-21-16(11-13)6-9-19-10-7-16/h3-4,12-13,18H,2,5-11H2,1H3. The monoisotopic (exact) mass is 292 g/mol. The molecule has 0 aromatic carbocycles. The van der Waals surface area contributed by atoms with Crippen molar-refractivity contribution in [2.75, 3.05) is 31.7 Å². The van der Waals surface area contributed by atoms with E-state index in [0.717, 1.165) is 51.2 Å². The van der Waals surface area contributed by atoms with Gasteiger partial charge in [0, 0.05) is 31.9 Å². The molecule has 0 radical (unpaired) electrons. The summed E-state index contributed by atoms with van der Waals surface area (Å²) in [6.45, 7) is 5.06. The molecule has 0 amide bonds. The summed E-state index contributed by atoms with van der Waals surface area (Å²) in [6, 6.07) is 4.39. The molecule has 5 nitrogen and oxygen atoms in total. The molecule has 0 aliphatic carbocycles. The van der Waals surface area contributed by atoms with Crippen LogP contribution in [0.15, 0.2) is 18.3 Å². The predicted octanol–water partition coefficient (Wildman–Crippen LogP) is 2.62. The number of nitrogens with zero attached hydrogens (tertiary/aromatic N) is 1. The fourth-order valence-corrected chi connectivity index (χ4v) is 3.18. The molecule has 1 aromatic rings. The molecule has 1 spiro atoms. The third-order valence-corrected chi connectivity index (χ3v) is 4.30. The summed E-state index contributed by atoms with van der Waals surface area (Å²) >= 11 is 0. The summed E-state index contributed by atoms with van der Waals surface area (Å²) in [6.07, 6.45) is 5.94. The van der Waals surface area contributed by atoms with Crippen molar-refractivity contribution in [3.8, 4) is 5.88 Å². The molecule has 1 N–H and O–H groups in total. The largest absolute Gasteiger partial charge is 0.478 e. The maximum Gasteiger partial charge on any atom is 0.213 e. The Labute approximate surface area is 126 Å². The number of hydrogen-bond acceptors (Lipinski definition) is 5. The van der Waals surface area contributed by atoms with Crippen molar-refractivity contribution in [2.45, 2.75) is 44.2 Å². The van der Waals surface area contributed by atoms with Crippen LogP contribution in [-0.2, 0) is 9.47 Å². The van der Waals surface area contributed by atoms with Crippen LogP contribution in [0.4, 0.5) is 5.69 Å². The highest BCUT2D eigenvalue weighted by molar-refractivity contribution is 5.43. The van der Waals surface area contributed by atoms with Crippen molar-refractivity contribution < 1.29 is 14.2 Å². The summed E-state index contributed by atoms with van der Waals surface area (Å²) in [5, 5.41) is 3.58. The SMILES string of the molecule is CCOc1ccc(NC2CCOC3(CCOCC3)C2)cn1. The molecule has 1 aromatic heterocycles. The van der Waals surface area contributed by atoms with Crippen molar-refractivity contribution in [1.29, 1.82) is 0 Å². The molecule has 2 saturated heterocycles. The van der Waals surface area contributed by atoms with Crippen molar-refractivity contribution in [2.24, 2.45) is 0 Å². The second-order valence-electron chi connectivity index (χ2n) is 5.80. The van der Waals surface area contributed by atoms with Crippen LogP contribution < -0.4 is 10.1 Å². The van der Waals surface area contributed by atoms with Gasteiger partial charge in [0.05, 0.1) is 24.1 Å². The van der Waals surface area contributed by atoms with Gasteiger partial charge in [-0.1, -0.05) is 0 Å². The van der Waals surface area contributed by atoms with Crippen LogP contribution in [-0.4, -0.2) is 43.1 Å². The van der Waals surface area contributed by atoms with Crippen LogP contribution in [0, 0.1) is 0 Å². The van der Waals surface area contributed by atoms with Gasteiger partial charge >= 0.3 is 0 Å². The summed E-state index contributed by atoms with van der Waals surface area (Å²) < 4.78 is 16.9. The van der Waals surface area contributed by atoms with E-state index in [1.165, 1.54) is 0 Å². The smallest absolute Gasteiger partial charge is 0.213 e. The quantitative estimate of drug-likeness (QED) is 0.924. The van der Waals surface area contributed by atoms with E-state index in [9.17, 15) is 0 Å². The maximum atomic E-state index is 6.07. The lowest BCUT2D eigenvalue weighted by molar-refractivity contribution is -0.135. The van der Waals surface area contributed by atoms with Crippen LogP contribution in [0.25, 0.3) is 0 Å². The Kier molecular flexibility index (Phi) is 4.60. The molecule has 3 rings (SSSR count). The van der Waals surface area contributed by atoms with Crippen LogP contribution in [0.1, 0.15) is 32.6 Å². The first-order valence-electron chi connectivity index (χ1n) is 7.87. The summed E-state index contributed by atoms with van der Waals surface area (Å²) in [5.74, 6) is 0.677. The molecule has 2 aliphatic rings. The number of pyridine rings is 1. The van der Waals surface area contributed by atoms with E-state index >= 15 is 0 Å². The lowest BCUT2D eigenvalue weighted by Gasteiger charge is -2.43. The van der Waals surface area contributed by atoms with E-state index in [-0.39, 0.29) is 5.60 Å². The lowest BCUT2D eigenvalue weighted by Crippen LogP contribution is -2.47. The first-order chi connectivity index (χ1) is 10.3. The molecule has 2 fully saturated rings. The number of nitrogens with one attached hydrogen (secondary N) is 1. The molecular formula is C16H24N2O3.